The topological polar surface area (TPSA) is 94.5 Å². The van der Waals surface area contributed by atoms with E-state index in [0.29, 0.717) is 27.3 Å². The van der Waals surface area contributed by atoms with Gasteiger partial charge < -0.3 is 15.8 Å². The second kappa shape index (κ2) is 9.28. The molecule has 1 unspecified atom stereocenters. The Hall–Kier alpha value is -2.94. The van der Waals surface area contributed by atoms with Crippen molar-refractivity contribution in [2.75, 3.05) is 0 Å². The van der Waals surface area contributed by atoms with Crippen LogP contribution in [0.4, 0.5) is 0 Å². The maximum atomic E-state index is 12.1. The number of carbonyl (C=O) groups is 1. The summed E-state index contributed by atoms with van der Waals surface area (Å²) in [5.41, 5.74) is 9.12. The normalized spacial score (nSPS) is 12.4. The summed E-state index contributed by atoms with van der Waals surface area (Å²) in [6.45, 7) is 6.83. The van der Waals surface area contributed by atoms with Crippen LogP contribution < -0.4 is 15.8 Å². The van der Waals surface area contributed by atoms with E-state index in [9.17, 15) is 4.79 Å². The molecule has 0 radical (unpaired) electrons. The first-order chi connectivity index (χ1) is 15.3. The molecule has 0 saturated heterocycles. The van der Waals surface area contributed by atoms with E-state index >= 15 is 0 Å². The van der Waals surface area contributed by atoms with Crippen LogP contribution in [-0.4, -0.2) is 26.3 Å². The predicted molar refractivity (Wildman–Crippen MR) is 127 cm³/mol. The van der Waals surface area contributed by atoms with Crippen LogP contribution in [0.2, 0.25) is 5.02 Å². The monoisotopic (exact) mass is 469 g/mol. The summed E-state index contributed by atoms with van der Waals surface area (Å²) in [5, 5.41) is 3.99. The second-order valence-electron chi connectivity index (χ2n) is 7.77. The van der Waals surface area contributed by atoms with Crippen LogP contribution in [0.1, 0.15) is 47.7 Å². The SMILES string of the molecule is CC(C)NCc1ccc(C(C)Oc2cc(-c3cnc4cnccn34)sc2C(N)=O)c(Cl)c1. The highest BCUT2D eigenvalue weighted by Gasteiger charge is 2.21. The molecule has 32 heavy (non-hydrogen) atoms. The van der Waals surface area contributed by atoms with Gasteiger partial charge in [-0.05, 0) is 18.6 Å². The third-order valence-electron chi connectivity index (χ3n) is 5.01. The fraction of sp³-hybridized carbons (Fsp3) is 0.261. The molecule has 1 atom stereocenters. The fourth-order valence-electron chi connectivity index (χ4n) is 3.37. The van der Waals surface area contributed by atoms with E-state index in [0.717, 1.165) is 28.2 Å². The minimum atomic E-state index is -0.542. The van der Waals surface area contributed by atoms with Gasteiger partial charge in [-0.15, -0.1) is 11.3 Å². The Morgan fingerprint density at radius 1 is 1.28 bits per heavy atom. The summed E-state index contributed by atoms with van der Waals surface area (Å²) < 4.78 is 8.07. The molecular weight excluding hydrogens is 446 g/mol. The van der Waals surface area contributed by atoms with Crippen molar-refractivity contribution < 1.29 is 9.53 Å². The molecule has 0 saturated carbocycles. The summed E-state index contributed by atoms with van der Waals surface area (Å²) in [5.74, 6) is -0.115. The molecule has 1 aromatic carbocycles. The largest absolute Gasteiger partial charge is 0.484 e. The number of hydrogen-bond acceptors (Lipinski definition) is 6. The van der Waals surface area contributed by atoms with Crippen LogP contribution in [0.3, 0.4) is 0 Å². The van der Waals surface area contributed by atoms with Crippen molar-refractivity contribution >= 4 is 34.5 Å². The molecule has 4 aromatic rings. The van der Waals surface area contributed by atoms with Gasteiger partial charge in [0.25, 0.3) is 5.91 Å². The third kappa shape index (κ3) is 4.62. The van der Waals surface area contributed by atoms with Crippen molar-refractivity contribution in [2.45, 2.75) is 39.5 Å². The van der Waals surface area contributed by atoms with Crippen molar-refractivity contribution in [2.24, 2.45) is 5.73 Å². The van der Waals surface area contributed by atoms with Gasteiger partial charge in [-0.1, -0.05) is 37.6 Å². The Kier molecular flexibility index (Phi) is 6.45. The molecule has 3 N–H and O–H groups in total. The Labute approximate surface area is 195 Å². The van der Waals surface area contributed by atoms with Crippen molar-refractivity contribution in [3.05, 3.63) is 70.1 Å². The summed E-state index contributed by atoms with van der Waals surface area (Å²) in [6.07, 6.45) is 6.54. The predicted octanol–water partition coefficient (Wildman–Crippen LogP) is 4.85. The first-order valence-corrected chi connectivity index (χ1v) is 11.4. The average molecular weight is 470 g/mol. The van der Waals surface area contributed by atoms with Crippen molar-refractivity contribution in [3.8, 4) is 16.3 Å². The number of nitrogens with one attached hydrogen (secondary N) is 1. The lowest BCUT2D eigenvalue weighted by Crippen LogP contribution is -2.21. The highest BCUT2D eigenvalue weighted by molar-refractivity contribution is 7.17. The summed E-state index contributed by atoms with van der Waals surface area (Å²) in [6, 6.07) is 8.13. The van der Waals surface area contributed by atoms with Gasteiger partial charge in [-0.3, -0.25) is 14.2 Å². The number of halogens is 1. The molecule has 0 aliphatic heterocycles. The smallest absolute Gasteiger partial charge is 0.262 e. The Morgan fingerprint density at radius 3 is 2.81 bits per heavy atom. The van der Waals surface area contributed by atoms with E-state index < -0.39 is 5.91 Å². The minimum Gasteiger partial charge on any atom is -0.484 e. The van der Waals surface area contributed by atoms with Crippen molar-refractivity contribution in [1.82, 2.24) is 19.7 Å². The molecule has 166 valence electrons. The van der Waals surface area contributed by atoms with Crippen LogP contribution in [0.15, 0.2) is 49.1 Å². The van der Waals surface area contributed by atoms with E-state index in [1.165, 1.54) is 11.3 Å². The molecule has 3 aromatic heterocycles. The number of fused-ring (bicyclic) bond motifs is 1. The molecule has 7 nitrogen and oxygen atoms in total. The lowest BCUT2D eigenvalue weighted by atomic mass is 10.1. The lowest BCUT2D eigenvalue weighted by Gasteiger charge is -2.17. The van der Waals surface area contributed by atoms with Gasteiger partial charge in [0.15, 0.2) is 5.65 Å². The number of rotatable bonds is 8. The molecule has 0 aliphatic carbocycles. The second-order valence-corrected chi connectivity index (χ2v) is 9.23. The highest BCUT2D eigenvalue weighted by Crippen LogP contribution is 2.39. The number of ether oxygens (including phenoxy) is 1. The standard InChI is InChI=1S/C23H24ClN5O2S/c1-13(2)27-10-15-4-5-16(17(24)8-15)14(3)31-19-9-20(32-22(19)23(25)30)18-11-28-21-12-26-6-7-29(18)21/h4-9,11-14,27H,10H2,1-3H3,(H2,25,30). The summed E-state index contributed by atoms with van der Waals surface area (Å²) in [7, 11) is 0. The van der Waals surface area contributed by atoms with Gasteiger partial charge >= 0.3 is 0 Å². The van der Waals surface area contributed by atoms with Crippen molar-refractivity contribution in [3.63, 3.8) is 0 Å². The summed E-state index contributed by atoms with van der Waals surface area (Å²) in [4.78, 5) is 21.7. The van der Waals surface area contributed by atoms with Crippen LogP contribution in [0, 0.1) is 0 Å². The molecule has 0 aliphatic rings. The van der Waals surface area contributed by atoms with Gasteiger partial charge in [0.2, 0.25) is 0 Å². The van der Waals surface area contributed by atoms with Crippen molar-refractivity contribution in [1.29, 1.82) is 0 Å². The number of benzene rings is 1. The van der Waals surface area contributed by atoms with Gasteiger partial charge in [0.1, 0.15) is 16.7 Å². The Balaban J connectivity index is 1.61. The van der Waals surface area contributed by atoms with Crippen LogP contribution in [-0.2, 0) is 6.54 Å². The van der Waals surface area contributed by atoms with Crippen LogP contribution in [0.25, 0.3) is 16.2 Å². The molecular formula is C23H24ClN5O2S. The van der Waals surface area contributed by atoms with Crippen LogP contribution >= 0.6 is 22.9 Å². The Bertz CT molecular complexity index is 1270. The maximum absolute atomic E-state index is 12.1. The number of thiophene rings is 1. The molecule has 3 heterocycles. The van der Waals surface area contributed by atoms with E-state index in [1.807, 2.05) is 41.8 Å². The zero-order valence-electron chi connectivity index (χ0n) is 18.0. The molecule has 1 amide bonds. The number of nitrogens with two attached hydrogens (primary N) is 1. The molecule has 0 fully saturated rings. The van der Waals surface area contributed by atoms with Gasteiger partial charge in [-0.2, -0.15) is 0 Å². The first kappa shape index (κ1) is 22.3. The number of aromatic nitrogens is 3. The molecule has 4 rings (SSSR count). The number of carbonyl (C=O) groups excluding carboxylic acids is 1. The van der Waals surface area contributed by atoms with E-state index in [4.69, 9.17) is 22.1 Å². The lowest BCUT2D eigenvalue weighted by molar-refractivity contribution is 0.0998. The zero-order valence-corrected chi connectivity index (χ0v) is 19.6. The number of primary amides is 1. The van der Waals surface area contributed by atoms with Gasteiger partial charge in [0, 0.05) is 41.6 Å². The maximum Gasteiger partial charge on any atom is 0.262 e. The number of nitrogens with zero attached hydrogens (tertiary/aromatic N) is 3. The highest BCUT2D eigenvalue weighted by atomic mass is 35.5. The zero-order chi connectivity index (χ0) is 22.8. The van der Waals surface area contributed by atoms with Gasteiger partial charge in [-0.25, -0.2) is 4.98 Å². The first-order valence-electron chi connectivity index (χ1n) is 10.2. The average Bonchev–Trinajstić information content (AvgIpc) is 3.36. The molecule has 0 spiro atoms. The van der Waals surface area contributed by atoms with Crippen LogP contribution in [0.5, 0.6) is 5.75 Å². The van der Waals surface area contributed by atoms with Gasteiger partial charge in [0.05, 0.1) is 23.0 Å². The van der Waals surface area contributed by atoms with E-state index in [-0.39, 0.29) is 6.10 Å². The molecule has 0 bridgehead atoms. The molecule has 9 heteroatoms. The third-order valence-corrected chi connectivity index (χ3v) is 6.49. The summed E-state index contributed by atoms with van der Waals surface area (Å²) >= 11 is 7.82. The number of hydrogen-bond donors (Lipinski definition) is 2. The number of amides is 1. The minimum absolute atomic E-state index is 0.352. The quantitative estimate of drug-likeness (QED) is 0.384. The van der Waals surface area contributed by atoms with E-state index in [1.54, 1.807) is 18.6 Å². The van der Waals surface area contributed by atoms with E-state index in [2.05, 4.69) is 29.1 Å². The number of imidazole rings is 1. The fourth-order valence-corrected chi connectivity index (χ4v) is 4.68. The Morgan fingerprint density at radius 2 is 2.09 bits per heavy atom.